The van der Waals surface area contributed by atoms with Gasteiger partial charge in [-0.2, -0.15) is 0 Å². The lowest BCUT2D eigenvalue weighted by Gasteiger charge is -2.24. The molecule has 1 aliphatic heterocycles. The predicted molar refractivity (Wildman–Crippen MR) is 98.8 cm³/mol. The molecule has 6 nitrogen and oxygen atoms in total. The van der Waals surface area contributed by atoms with Crippen molar-refractivity contribution in [2.24, 2.45) is 10.9 Å². The maximum absolute atomic E-state index is 12.0. The van der Waals surface area contributed by atoms with Gasteiger partial charge in [0.05, 0.1) is 0 Å². The van der Waals surface area contributed by atoms with Crippen molar-refractivity contribution in [3.8, 4) is 0 Å². The Morgan fingerprint density at radius 2 is 2.00 bits per heavy atom. The molecular weight excluding hydrogens is 395 g/mol. The molecule has 0 aromatic heterocycles. The van der Waals surface area contributed by atoms with Crippen molar-refractivity contribution in [3.05, 3.63) is 0 Å². The molecule has 0 aromatic carbocycles. The van der Waals surface area contributed by atoms with Gasteiger partial charge < -0.3 is 20.3 Å². The van der Waals surface area contributed by atoms with E-state index in [-0.39, 0.29) is 30.1 Å². The number of rotatable bonds is 3. The third kappa shape index (κ3) is 6.58. The predicted octanol–water partition coefficient (Wildman–Crippen LogP) is 2.19. The van der Waals surface area contributed by atoms with Gasteiger partial charge in [-0.15, -0.1) is 24.0 Å². The van der Waals surface area contributed by atoms with Gasteiger partial charge in [0.1, 0.15) is 5.60 Å². The summed E-state index contributed by atoms with van der Waals surface area (Å²) in [6, 6.07) is 0.595. The minimum Gasteiger partial charge on any atom is -0.444 e. The van der Waals surface area contributed by atoms with Gasteiger partial charge in [0.25, 0.3) is 0 Å². The van der Waals surface area contributed by atoms with Crippen LogP contribution in [0.5, 0.6) is 0 Å². The van der Waals surface area contributed by atoms with Crippen molar-refractivity contribution in [1.82, 2.24) is 15.5 Å². The van der Waals surface area contributed by atoms with E-state index >= 15 is 0 Å². The average Bonchev–Trinajstić information content (AvgIpc) is 3.07. The Labute approximate surface area is 150 Å². The van der Waals surface area contributed by atoms with E-state index in [0.717, 1.165) is 32.0 Å². The second kappa shape index (κ2) is 8.21. The summed E-state index contributed by atoms with van der Waals surface area (Å²) in [7, 11) is 1.79. The summed E-state index contributed by atoms with van der Waals surface area (Å²) in [4.78, 5) is 18.0. The van der Waals surface area contributed by atoms with Crippen LogP contribution in [0.25, 0.3) is 0 Å². The molecule has 2 aliphatic rings. The molecule has 0 aromatic rings. The van der Waals surface area contributed by atoms with Crippen LogP contribution in [0.3, 0.4) is 0 Å². The first kappa shape index (κ1) is 19.3. The van der Waals surface area contributed by atoms with Crippen LogP contribution in [0.1, 0.15) is 40.0 Å². The highest BCUT2D eigenvalue weighted by Crippen LogP contribution is 2.20. The summed E-state index contributed by atoms with van der Waals surface area (Å²) in [6.07, 6.45) is 3.27. The topological polar surface area (TPSA) is 66.0 Å². The number of carbonyl (C=O) groups is 1. The van der Waals surface area contributed by atoms with E-state index in [4.69, 9.17) is 4.74 Å². The van der Waals surface area contributed by atoms with Crippen molar-refractivity contribution in [2.75, 3.05) is 26.7 Å². The fourth-order valence-electron chi connectivity index (χ4n) is 2.35. The minimum absolute atomic E-state index is 0. The Morgan fingerprint density at radius 3 is 2.55 bits per heavy atom. The largest absolute Gasteiger partial charge is 0.444 e. The molecule has 128 valence electrons. The highest BCUT2D eigenvalue weighted by atomic mass is 127. The summed E-state index contributed by atoms with van der Waals surface area (Å²) in [6.45, 7) is 8.05. The lowest BCUT2D eigenvalue weighted by molar-refractivity contribution is 0.0288. The standard InChI is InChI=1S/C15H28N4O2.HI/c1-15(2,3)21-14(20)19-8-7-11(10-19)9-17-13(16-4)18-12-5-6-12;/h11-12H,5-10H2,1-4H3,(H2,16,17,18);1H. The number of nitrogens with zero attached hydrogens (tertiary/aromatic N) is 2. The molecule has 22 heavy (non-hydrogen) atoms. The zero-order valence-electron chi connectivity index (χ0n) is 14.0. The molecule has 2 rings (SSSR count). The first-order valence-electron chi connectivity index (χ1n) is 7.82. The molecule has 7 heteroatoms. The monoisotopic (exact) mass is 424 g/mol. The molecule has 1 saturated heterocycles. The highest BCUT2D eigenvalue weighted by Gasteiger charge is 2.30. The van der Waals surface area contributed by atoms with Crippen LogP contribution >= 0.6 is 24.0 Å². The molecule has 0 bridgehead atoms. The molecular formula is C15H29IN4O2. The van der Waals surface area contributed by atoms with E-state index in [0.29, 0.717) is 12.0 Å². The number of nitrogens with one attached hydrogen (secondary N) is 2. The number of halogens is 1. The molecule has 1 aliphatic carbocycles. The number of carbonyl (C=O) groups excluding carboxylic acids is 1. The quantitative estimate of drug-likeness (QED) is 0.414. The van der Waals surface area contributed by atoms with Gasteiger partial charge in [-0.1, -0.05) is 0 Å². The second-order valence-corrected chi connectivity index (χ2v) is 6.95. The van der Waals surface area contributed by atoms with Gasteiger partial charge in [-0.3, -0.25) is 4.99 Å². The summed E-state index contributed by atoms with van der Waals surface area (Å²) in [5.74, 6) is 1.32. The molecule has 1 heterocycles. The first-order valence-corrected chi connectivity index (χ1v) is 7.82. The van der Waals surface area contributed by atoms with Crippen LogP contribution in [-0.4, -0.2) is 55.3 Å². The maximum atomic E-state index is 12.0. The van der Waals surface area contributed by atoms with E-state index in [1.807, 2.05) is 20.8 Å². The third-order valence-corrected chi connectivity index (χ3v) is 3.64. The van der Waals surface area contributed by atoms with Crippen molar-refractivity contribution < 1.29 is 9.53 Å². The van der Waals surface area contributed by atoms with Gasteiger partial charge in [-0.05, 0) is 46.0 Å². The Bertz CT molecular complexity index is 405. The number of ether oxygens (including phenoxy) is 1. The van der Waals surface area contributed by atoms with Crippen LogP contribution in [0.15, 0.2) is 4.99 Å². The SMILES string of the molecule is CN=C(NCC1CCN(C(=O)OC(C)(C)C)C1)NC1CC1.I. The number of aliphatic imine (C=N–C) groups is 1. The summed E-state index contributed by atoms with van der Waals surface area (Å²) >= 11 is 0. The molecule has 1 atom stereocenters. The summed E-state index contributed by atoms with van der Waals surface area (Å²) < 4.78 is 5.41. The van der Waals surface area contributed by atoms with E-state index in [1.165, 1.54) is 12.8 Å². The number of guanidine groups is 1. The van der Waals surface area contributed by atoms with Crippen LogP contribution in [0.2, 0.25) is 0 Å². The van der Waals surface area contributed by atoms with Crippen molar-refractivity contribution in [3.63, 3.8) is 0 Å². The molecule has 1 amide bonds. The molecule has 1 unspecified atom stereocenters. The summed E-state index contributed by atoms with van der Waals surface area (Å²) in [5.41, 5.74) is -0.427. The van der Waals surface area contributed by atoms with Gasteiger partial charge >= 0.3 is 6.09 Å². The van der Waals surface area contributed by atoms with E-state index in [2.05, 4.69) is 15.6 Å². The second-order valence-electron chi connectivity index (χ2n) is 6.95. The summed E-state index contributed by atoms with van der Waals surface area (Å²) in [5, 5.41) is 6.71. The molecule has 1 saturated carbocycles. The molecule has 2 N–H and O–H groups in total. The van der Waals surface area contributed by atoms with E-state index in [1.54, 1.807) is 11.9 Å². The van der Waals surface area contributed by atoms with E-state index < -0.39 is 5.60 Å². The number of hydrogen-bond acceptors (Lipinski definition) is 3. The Kier molecular flexibility index (Phi) is 7.21. The van der Waals surface area contributed by atoms with Crippen LogP contribution < -0.4 is 10.6 Å². The number of amides is 1. The van der Waals surface area contributed by atoms with Crippen LogP contribution in [0.4, 0.5) is 4.79 Å². The van der Waals surface area contributed by atoms with Crippen molar-refractivity contribution in [2.45, 2.75) is 51.7 Å². The van der Waals surface area contributed by atoms with Gasteiger partial charge in [0.2, 0.25) is 0 Å². The normalized spacial score (nSPS) is 22.1. The zero-order chi connectivity index (χ0) is 15.5. The number of likely N-dealkylation sites (tertiary alicyclic amines) is 1. The van der Waals surface area contributed by atoms with Gasteiger partial charge in [0.15, 0.2) is 5.96 Å². The third-order valence-electron chi connectivity index (χ3n) is 3.64. The average molecular weight is 424 g/mol. The van der Waals surface area contributed by atoms with Crippen molar-refractivity contribution >= 4 is 36.0 Å². The van der Waals surface area contributed by atoms with Crippen LogP contribution in [0, 0.1) is 5.92 Å². The lowest BCUT2D eigenvalue weighted by Crippen LogP contribution is -2.41. The maximum Gasteiger partial charge on any atom is 0.410 e. The zero-order valence-corrected chi connectivity index (χ0v) is 16.3. The van der Waals surface area contributed by atoms with E-state index in [9.17, 15) is 4.79 Å². The molecule has 0 radical (unpaired) electrons. The fourth-order valence-corrected chi connectivity index (χ4v) is 2.35. The molecule has 2 fully saturated rings. The lowest BCUT2D eigenvalue weighted by atomic mass is 10.1. The van der Waals surface area contributed by atoms with Crippen LogP contribution in [-0.2, 0) is 4.74 Å². The Hall–Kier alpha value is -0.730. The van der Waals surface area contributed by atoms with Gasteiger partial charge in [0, 0.05) is 32.7 Å². The first-order chi connectivity index (χ1) is 9.87. The van der Waals surface area contributed by atoms with Crippen molar-refractivity contribution in [1.29, 1.82) is 0 Å². The Morgan fingerprint density at radius 1 is 1.32 bits per heavy atom. The Balaban J connectivity index is 0.00000242. The minimum atomic E-state index is -0.427. The fraction of sp³-hybridized carbons (Fsp3) is 0.867. The highest BCUT2D eigenvalue weighted by molar-refractivity contribution is 14.0. The van der Waals surface area contributed by atoms with Gasteiger partial charge in [-0.25, -0.2) is 4.79 Å². The number of hydrogen-bond donors (Lipinski definition) is 2. The smallest absolute Gasteiger partial charge is 0.410 e. The molecule has 0 spiro atoms.